The molecule has 0 aromatic heterocycles. The number of urea groups is 2. The van der Waals surface area contributed by atoms with E-state index in [1.807, 2.05) is 39.8 Å². The van der Waals surface area contributed by atoms with Gasteiger partial charge in [-0.25, -0.2) is 9.59 Å². The van der Waals surface area contributed by atoms with Crippen LogP contribution in [0.4, 0.5) is 9.59 Å². The molecule has 1 spiro atoms. The number of rotatable bonds is 6. The van der Waals surface area contributed by atoms with Crippen LogP contribution in [0.25, 0.3) is 0 Å². The maximum atomic E-state index is 13.8. The number of methoxy groups -OCH3 is 4. The lowest BCUT2D eigenvalue weighted by Crippen LogP contribution is -2.56. The van der Waals surface area contributed by atoms with E-state index in [0.29, 0.717) is 56.9 Å². The third-order valence-electron chi connectivity index (χ3n) is 8.74. The summed E-state index contributed by atoms with van der Waals surface area (Å²) in [7, 11) is 6.55. The Bertz CT molecular complexity index is 1280. The highest BCUT2D eigenvalue weighted by Gasteiger charge is 2.55. The smallest absolute Gasteiger partial charge is 0.325 e. The number of piperidine rings is 1. The third-order valence-corrected chi connectivity index (χ3v) is 8.74. The average Bonchev–Trinajstić information content (AvgIpc) is 3.07. The van der Waals surface area contributed by atoms with Crippen LogP contribution in [-0.2, 0) is 16.0 Å². The molecule has 3 aliphatic heterocycles. The van der Waals surface area contributed by atoms with Crippen molar-refractivity contribution in [3.8, 4) is 11.5 Å². The van der Waals surface area contributed by atoms with E-state index in [1.54, 1.807) is 28.4 Å². The minimum atomic E-state index is -0.471. The lowest BCUT2D eigenvalue weighted by Gasteiger charge is -2.44. The van der Waals surface area contributed by atoms with Crippen LogP contribution in [0.5, 0.6) is 11.5 Å². The number of amides is 4. The van der Waals surface area contributed by atoms with E-state index in [-0.39, 0.29) is 18.0 Å². The second kappa shape index (κ2) is 11.0. The Kier molecular flexibility index (Phi) is 7.61. The number of allylic oxidation sites excluding steroid dienone is 4. The number of hydrogen-bond acceptors (Lipinski definition) is 6. The van der Waals surface area contributed by atoms with Crippen molar-refractivity contribution in [1.82, 2.24) is 20.0 Å². The minimum Gasteiger partial charge on any atom is -0.501 e. The second-order valence-corrected chi connectivity index (χ2v) is 10.7. The summed E-state index contributed by atoms with van der Waals surface area (Å²) in [5.41, 5.74) is 3.28. The average molecular weight is 553 g/mol. The summed E-state index contributed by atoms with van der Waals surface area (Å²) in [5.74, 6) is 3.04. The van der Waals surface area contributed by atoms with Gasteiger partial charge in [-0.3, -0.25) is 4.90 Å². The van der Waals surface area contributed by atoms with Crippen LogP contribution in [0.2, 0.25) is 0 Å². The highest BCUT2D eigenvalue weighted by Crippen LogP contribution is 2.49. The van der Waals surface area contributed by atoms with Gasteiger partial charge < -0.3 is 34.1 Å². The van der Waals surface area contributed by atoms with E-state index in [0.717, 1.165) is 40.5 Å². The van der Waals surface area contributed by atoms with Crippen molar-refractivity contribution in [3.05, 3.63) is 58.3 Å². The minimum absolute atomic E-state index is 0.00261. The molecule has 2 saturated heterocycles. The normalized spacial score (nSPS) is 21.8. The van der Waals surface area contributed by atoms with Gasteiger partial charge in [0.25, 0.3) is 0 Å². The quantitative estimate of drug-likeness (QED) is 0.551. The zero-order valence-corrected chi connectivity index (χ0v) is 24.3. The topological polar surface area (TPSA) is 92.8 Å². The van der Waals surface area contributed by atoms with Gasteiger partial charge >= 0.3 is 12.1 Å². The maximum absolute atomic E-state index is 13.8. The maximum Gasteiger partial charge on any atom is 0.325 e. The van der Waals surface area contributed by atoms with Gasteiger partial charge in [0.15, 0.2) is 0 Å². The van der Waals surface area contributed by atoms with E-state index >= 15 is 0 Å². The molecule has 5 rings (SSSR count). The summed E-state index contributed by atoms with van der Waals surface area (Å²) >= 11 is 0. The molecule has 1 N–H and O–H groups in total. The van der Waals surface area contributed by atoms with Gasteiger partial charge in [0.05, 0.1) is 52.0 Å². The van der Waals surface area contributed by atoms with Crippen LogP contribution in [0.1, 0.15) is 56.6 Å². The van der Waals surface area contributed by atoms with E-state index in [1.165, 1.54) is 0 Å². The fourth-order valence-electron chi connectivity index (χ4n) is 6.70. The van der Waals surface area contributed by atoms with E-state index < -0.39 is 5.54 Å². The molecule has 216 valence electrons. The highest BCUT2D eigenvalue weighted by molar-refractivity contribution is 5.83. The summed E-state index contributed by atoms with van der Waals surface area (Å²) in [4.78, 5) is 32.9. The highest BCUT2D eigenvalue weighted by atomic mass is 16.5. The predicted octanol–water partition coefficient (Wildman–Crippen LogP) is 4.69. The Balaban J connectivity index is 1.40. The number of likely N-dealkylation sites (N-methyl/N-ethyl adjacent to an activating group) is 1. The van der Waals surface area contributed by atoms with Crippen molar-refractivity contribution in [2.45, 2.75) is 57.5 Å². The molecule has 3 heterocycles. The Morgan fingerprint density at radius 2 is 1.80 bits per heavy atom. The number of nitrogens with one attached hydrogen (secondary N) is 1. The molecule has 1 aromatic carbocycles. The lowest BCUT2D eigenvalue weighted by molar-refractivity contribution is 0.103. The van der Waals surface area contributed by atoms with Crippen molar-refractivity contribution in [1.29, 1.82) is 0 Å². The van der Waals surface area contributed by atoms with Crippen molar-refractivity contribution >= 4 is 12.1 Å². The Morgan fingerprint density at radius 1 is 1.05 bits per heavy atom. The monoisotopic (exact) mass is 552 g/mol. The first-order chi connectivity index (χ1) is 19.3. The Morgan fingerprint density at radius 3 is 2.42 bits per heavy atom. The molecule has 1 atom stereocenters. The molecule has 4 aliphatic rings. The molecule has 4 amide bonds. The standard InChI is InChI=1S/C30H40N4O6/c1-7-34-29(36)33-18-20-15-22(38-4)17-25(40-6)27(20)19(2)14-26(33)30(34)10-12-32(13-11-30)28(35)31-23-16-21(37-3)8-9-24(23)39-5/h14-17,19H,7-13,18H2,1-6H3,(H,31,35)/t19-/m0/s1. The number of hydrogen-bond donors (Lipinski definition) is 1. The first-order valence-electron chi connectivity index (χ1n) is 13.9. The van der Waals surface area contributed by atoms with Crippen LogP contribution in [0.15, 0.2) is 47.2 Å². The van der Waals surface area contributed by atoms with Crippen LogP contribution < -0.4 is 14.8 Å². The van der Waals surface area contributed by atoms with Gasteiger partial charge in [-0.1, -0.05) is 13.0 Å². The van der Waals surface area contributed by atoms with Gasteiger partial charge in [-0.05, 0) is 31.4 Å². The molecular formula is C30H40N4O6. The molecule has 1 aromatic rings. The second-order valence-electron chi connectivity index (χ2n) is 10.7. The molecule has 1 aliphatic carbocycles. The van der Waals surface area contributed by atoms with Gasteiger partial charge in [0.2, 0.25) is 0 Å². The first-order valence-corrected chi connectivity index (χ1v) is 13.9. The van der Waals surface area contributed by atoms with Crippen LogP contribution in [0, 0.1) is 0 Å². The summed E-state index contributed by atoms with van der Waals surface area (Å²) < 4.78 is 22.2. The summed E-state index contributed by atoms with van der Waals surface area (Å²) in [6.07, 6.45) is 6.76. The van der Waals surface area contributed by atoms with E-state index in [2.05, 4.69) is 18.3 Å². The molecule has 2 fully saturated rings. The van der Waals surface area contributed by atoms with Crippen LogP contribution in [-0.4, -0.2) is 80.4 Å². The summed E-state index contributed by atoms with van der Waals surface area (Å²) in [6, 6.07) is 3.73. The molecule has 0 bridgehead atoms. The largest absolute Gasteiger partial charge is 0.501 e. The number of ether oxygens (including phenoxy) is 4. The Labute approximate surface area is 236 Å². The first kappa shape index (κ1) is 27.7. The molecule has 0 unspecified atom stereocenters. The van der Waals surface area contributed by atoms with E-state index in [4.69, 9.17) is 18.9 Å². The van der Waals surface area contributed by atoms with Crippen LogP contribution in [0.3, 0.4) is 0 Å². The lowest BCUT2D eigenvalue weighted by atomic mass is 9.82. The molecule has 0 saturated carbocycles. The van der Waals surface area contributed by atoms with Crippen molar-refractivity contribution in [2.24, 2.45) is 0 Å². The molecule has 10 heteroatoms. The van der Waals surface area contributed by atoms with Crippen LogP contribution >= 0.6 is 0 Å². The molecule has 10 nitrogen and oxygen atoms in total. The molecule has 40 heavy (non-hydrogen) atoms. The fourth-order valence-corrected chi connectivity index (χ4v) is 6.70. The number of fused-ring (bicyclic) bond motifs is 3. The van der Waals surface area contributed by atoms with Crippen molar-refractivity contribution < 1.29 is 28.5 Å². The van der Waals surface area contributed by atoms with Gasteiger partial charge in [0, 0.05) is 61.8 Å². The number of benzene rings is 1. The number of carbonyl (C=O) groups is 2. The SMILES string of the molecule is CCN1C(=O)N2Cc3cc(OC)cc(OC)c3[C@@H](C)C=C2C12CCN(C(=O)NC1=C(OC)CCC(OC)=C1)CC2. The van der Waals surface area contributed by atoms with Crippen molar-refractivity contribution in [2.75, 3.05) is 48.1 Å². The summed E-state index contributed by atoms with van der Waals surface area (Å²) in [6.45, 7) is 6.26. The van der Waals surface area contributed by atoms with Gasteiger partial charge in [0.1, 0.15) is 17.3 Å². The third kappa shape index (κ3) is 4.53. The Hall–Kier alpha value is -3.82. The zero-order chi connectivity index (χ0) is 28.6. The number of likely N-dealkylation sites (tertiary alicyclic amines) is 1. The van der Waals surface area contributed by atoms with Gasteiger partial charge in [-0.15, -0.1) is 0 Å². The fraction of sp³-hybridized carbons (Fsp3) is 0.533. The number of nitrogens with zero attached hydrogens (tertiary/aromatic N) is 3. The number of carbonyl (C=O) groups excluding carboxylic acids is 2. The zero-order valence-electron chi connectivity index (χ0n) is 24.3. The summed E-state index contributed by atoms with van der Waals surface area (Å²) in [5, 5.41) is 3.03. The van der Waals surface area contributed by atoms with Gasteiger partial charge in [-0.2, -0.15) is 0 Å². The molecular weight excluding hydrogens is 512 g/mol. The van der Waals surface area contributed by atoms with Crippen molar-refractivity contribution in [3.63, 3.8) is 0 Å². The van der Waals surface area contributed by atoms with E-state index in [9.17, 15) is 9.59 Å². The predicted molar refractivity (Wildman–Crippen MR) is 150 cm³/mol. The molecule has 0 radical (unpaired) electrons.